The van der Waals surface area contributed by atoms with Gasteiger partial charge in [-0.2, -0.15) is 0 Å². The first-order chi connectivity index (χ1) is 14.3. The lowest BCUT2D eigenvalue weighted by atomic mass is 10.1. The van der Waals surface area contributed by atoms with Crippen LogP contribution in [0, 0.1) is 18.2 Å². The summed E-state index contributed by atoms with van der Waals surface area (Å²) in [6.07, 6.45) is 3.43. The molecular weight excluding hydrogens is 393 g/mol. The zero-order valence-electron chi connectivity index (χ0n) is 16.8. The van der Waals surface area contributed by atoms with Crippen LogP contribution in [0.3, 0.4) is 0 Å². The van der Waals surface area contributed by atoms with Gasteiger partial charge in [-0.15, -0.1) is 0 Å². The Morgan fingerprint density at radius 1 is 1.43 bits per heavy atom. The van der Waals surface area contributed by atoms with Crippen molar-refractivity contribution in [3.63, 3.8) is 0 Å². The van der Waals surface area contributed by atoms with Gasteiger partial charge in [0.05, 0.1) is 13.2 Å². The van der Waals surface area contributed by atoms with Gasteiger partial charge >= 0.3 is 5.97 Å². The quantitative estimate of drug-likeness (QED) is 0.365. The largest absolute Gasteiger partial charge is 0.489 e. The molecule has 0 saturated heterocycles. The van der Waals surface area contributed by atoms with Crippen molar-refractivity contribution in [2.45, 2.75) is 26.4 Å². The van der Waals surface area contributed by atoms with Crippen LogP contribution in [0.4, 0.5) is 4.39 Å². The summed E-state index contributed by atoms with van der Waals surface area (Å²) >= 11 is 0. The van der Waals surface area contributed by atoms with Gasteiger partial charge in [0.2, 0.25) is 5.90 Å². The van der Waals surface area contributed by atoms with Crippen LogP contribution in [0.2, 0.25) is 0 Å². The van der Waals surface area contributed by atoms with Crippen LogP contribution in [0.5, 0.6) is 11.5 Å². The van der Waals surface area contributed by atoms with Gasteiger partial charge in [-0.3, -0.25) is 5.41 Å². The first-order valence-corrected chi connectivity index (χ1v) is 9.19. The molecule has 2 aromatic rings. The first-order valence-electron chi connectivity index (χ1n) is 9.19. The number of aliphatic hydroxyl groups excluding tert-OH is 1. The minimum atomic E-state index is -0.642. The Hall–Kier alpha value is -3.46. The van der Waals surface area contributed by atoms with E-state index in [1.54, 1.807) is 26.1 Å². The minimum Gasteiger partial charge on any atom is -0.489 e. The number of fused-ring (bicyclic) bond motifs is 1. The number of carbonyl (C=O) groups is 1. The maximum absolute atomic E-state index is 15.0. The lowest BCUT2D eigenvalue weighted by molar-refractivity contribution is -0.136. The third-order valence-electron chi connectivity index (χ3n) is 4.56. The lowest BCUT2D eigenvalue weighted by Gasteiger charge is -2.11. The number of H-pyrrole nitrogens is 1. The molecule has 158 valence electrons. The summed E-state index contributed by atoms with van der Waals surface area (Å²) < 4.78 is 30.9. The molecule has 1 aliphatic carbocycles. The molecule has 0 saturated carbocycles. The van der Waals surface area contributed by atoms with Crippen LogP contribution >= 0.6 is 0 Å². The Labute approximate surface area is 172 Å². The van der Waals surface area contributed by atoms with E-state index >= 15 is 4.39 Å². The molecular formula is C21H22FN3O5. The van der Waals surface area contributed by atoms with Crippen LogP contribution in [0.1, 0.15) is 29.3 Å². The highest BCUT2D eigenvalue weighted by Gasteiger charge is 2.25. The molecule has 3 N–H and O–H groups in total. The third-order valence-corrected chi connectivity index (χ3v) is 4.56. The predicted molar refractivity (Wildman–Crippen MR) is 109 cm³/mol. The maximum Gasteiger partial charge on any atom is 0.334 e. The Bertz CT molecular complexity index is 1040. The van der Waals surface area contributed by atoms with E-state index in [-0.39, 0.29) is 30.2 Å². The average molecular weight is 415 g/mol. The number of aromatic amines is 1. The number of carbonyl (C=O) groups excluding carboxylic acids is 1. The molecule has 0 amide bonds. The van der Waals surface area contributed by atoms with Crippen molar-refractivity contribution >= 4 is 24.3 Å². The van der Waals surface area contributed by atoms with Crippen LogP contribution < -0.4 is 9.47 Å². The van der Waals surface area contributed by atoms with Gasteiger partial charge in [0.15, 0.2) is 11.6 Å². The highest BCUT2D eigenvalue weighted by molar-refractivity contribution is 6.00. The fraction of sp³-hybridized carbons (Fsp3) is 0.286. The molecule has 0 unspecified atom stereocenters. The van der Waals surface area contributed by atoms with Gasteiger partial charge in [0.25, 0.3) is 0 Å². The minimum absolute atomic E-state index is 0.0246. The highest BCUT2D eigenvalue weighted by atomic mass is 19.1. The van der Waals surface area contributed by atoms with Crippen molar-refractivity contribution in [2.75, 3.05) is 13.7 Å². The van der Waals surface area contributed by atoms with E-state index in [1.807, 2.05) is 0 Å². The van der Waals surface area contributed by atoms with E-state index < -0.39 is 17.9 Å². The van der Waals surface area contributed by atoms with Gasteiger partial charge < -0.3 is 24.3 Å². The Morgan fingerprint density at radius 2 is 2.20 bits per heavy atom. The van der Waals surface area contributed by atoms with Crippen molar-refractivity contribution in [1.82, 2.24) is 4.98 Å². The monoisotopic (exact) mass is 415 g/mol. The SMILES string of the molecule is COC(=O)C1=Cc2c(ccc(OC(=NC=N)c3[nH]cc(OC[C@H](C)O)c3C)c2F)C1. The number of benzene rings is 1. The van der Waals surface area contributed by atoms with Crippen molar-refractivity contribution in [1.29, 1.82) is 5.41 Å². The molecule has 1 aliphatic rings. The van der Waals surface area contributed by atoms with Crippen molar-refractivity contribution in [3.8, 4) is 11.5 Å². The zero-order valence-corrected chi connectivity index (χ0v) is 16.8. The number of aromatic nitrogens is 1. The summed E-state index contributed by atoms with van der Waals surface area (Å²) in [5.41, 5.74) is 2.30. The topological polar surface area (TPSA) is 117 Å². The maximum atomic E-state index is 15.0. The molecule has 9 heteroatoms. The molecule has 1 aromatic carbocycles. The summed E-state index contributed by atoms with van der Waals surface area (Å²) in [6, 6.07) is 3.12. The molecule has 0 radical (unpaired) electrons. The molecule has 0 aliphatic heterocycles. The molecule has 30 heavy (non-hydrogen) atoms. The number of hydrogen-bond donors (Lipinski definition) is 3. The number of nitrogens with one attached hydrogen (secondary N) is 2. The average Bonchev–Trinajstić information content (AvgIpc) is 3.31. The number of esters is 1. The van der Waals surface area contributed by atoms with E-state index in [9.17, 15) is 9.90 Å². The van der Waals surface area contributed by atoms with E-state index in [2.05, 4.69) is 9.98 Å². The second kappa shape index (κ2) is 8.91. The normalized spacial score (nSPS) is 14.0. The second-order valence-electron chi connectivity index (χ2n) is 6.77. The van der Waals surface area contributed by atoms with Crippen LogP contribution in [-0.4, -0.2) is 48.1 Å². The number of methoxy groups -OCH3 is 1. The van der Waals surface area contributed by atoms with Crippen molar-refractivity contribution < 1.29 is 28.5 Å². The van der Waals surface area contributed by atoms with E-state index in [0.717, 1.165) is 6.34 Å². The first kappa shape index (κ1) is 21.3. The fourth-order valence-corrected chi connectivity index (χ4v) is 3.06. The molecule has 3 rings (SSSR count). The number of ether oxygens (including phenoxy) is 3. The van der Waals surface area contributed by atoms with E-state index in [1.165, 1.54) is 19.3 Å². The number of aliphatic hydroxyl groups is 1. The molecule has 8 nitrogen and oxygen atoms in total. The van der Waals surface area contributed by atoms with Crippen LogP contribution in [0.25, 0.3) is 6.08 Å². The summed E-state index contributed by atoms with van der Waals surface area (Å²) in [6.45, 7) is 3.45. The Balaban J connectivity index is 1.89. The summed E-state index contributed by atoms with van der Waals surface area (Å²) in [4.78, 5) is 18.6. The van der Waals surface area contributed by atoms with Crippen LogP contribution in [0.15, 0.2) is 28.9 Å². The summed E-state index contributed by atoms with van der Waals surface area (Å²) in [7, 11) is 1.27. The number of nitrogens with zero attached hydrogens (tertiary/aromatic N) is 1. The number of halogens is 1. The number of rotatable bonds is 7. The standard InChI is InChI=1S/C21H22FN3O5/c1-11(26)9-29-17-8-24-19(12(17)2)20(25-10-23)30-16-5-4-13-6-14(21(27)28-3)7-15(13)18(16)22/h4-5,7-8,10-11,23-24,26H,6,9H2,1-3H3/t11-/m0/s1. The molecule has 1 aromatic heterocycles. The zero-order chi connectivity index (χ0) is 21.8. The molecule has 0 bridgehead atoms. The summed E-state index contributed by atoms with van der Waals surface area (Å²) in [5.74, 6) is -0.794. The lowest BCUT2D eigenvalue weighted by Crippen LogP contribution is -2.15. The third kappa shape index (κ3) is 4.25. The molecule has 0 fully saturated rings. The second-order valence-corrected chi connectivity index (χ2v) is 6.77. The molecule has 1 atom stereocenters. The molecule has 0 spiro atoms. The van der Waals surface area contributed by atoms with E-state index in [0.29, 0.717) is 28.1 Å². The van der Waals surface area contributed by atoms with Crippen LogP contribution in [-0.2, 0) is 16.0 Å². The van der Waals surface area contributed by atoms with Gasteiger partial charge in [-0.25, -0.2) is 14.2 Å². The fourth-order valence-electron chi connectivity index (χ4n) is 3.06. The Kier molecular flexibility index (Phi) is 6.31. The van der Waals surface area contributed by atoms with Crippen molar-refractivity contribution in [3.05, 3.63) is 52.1 Å². The van der Waals surface area contributed by atoms with Gasteiger partial charge in [-0.1, -0.05) is 6.07 Å². The predicted octanol–water partition coefficient (Wildman–Crippen LogP) is 2.77. The summed E-state index contributed by atoms with van der Waals surface area (Å²) in [5, 5.41) is 16.7. The smallest absolute Gasteiger partial charge is 0.334 e. The van der Waals surface area contributed by atoms with E-state index in [4.69, 9.17) is 19.6 Å². The Morgan fingerprint density at radius 3 is 2.87 bits per heavy atom. The van der Waals surface area contributed by atoms with Gasteiger partial charge in [0, 0.05) is 29.3 Å². The van der Waals surface area contributed by atoms with Crippen molar-refractivity contribution in [2.24, 2.45) is 4.99 Å². The highest BCUT2D eigenvalue weighted by Crippen LogP contribution is 2.33. The van der Waals surface area contributed by atoms with Gasteiger partial charge in [0.1, 0.15) is 24.4 Å². The number of aliphatic imine (C=N–C) groups is 1. The molecule has 1 heterocycles. The van der Waals surface area contributed by atoms with Gasteiger partial charge in [-0.05, 0) is 31.6 Å². The number of hydrogen-bond acceptors (Lipinski definition) is 6.